The van der Waals surface area contributed by atoms with Gasteiger partial charge < -0.3 is 9.80 Å². The van der Waals surface area contributed by atoms with E-state index in [1.807, 2.05) is 65.6 Å². The van der Waals surface area contributed by atoms with Crippen molar-refractivity contribution in [2.75, 3.05) is 31.1 Å². The second-order valence-corrected chi connectivity index (χ2v) is 7.38. The zero-order valence-corrected chi connectivity index (χ0v) is 17.1. The van der Waals surface area contributed by atoms with Crippen LogP contribution in [0.1, 0.15) is 11.1 Å². The highest BCUT2D eigenvalue weighted by Gasteiger charge is 2.21. The van der Waals surface area contributed by atoms with Gasteiger partial charge in [-0.05, 0) is 28.8 Å². The molecule has 3 aromatic rings. The minimum atomic E-state index is -0.399. The maximum Gasteiger partial charge on any atom is 0.269 e. The third-order valence-electron chi connectivity index (χ3n) is 5.45. The predicted molar refractivity (Wildman–Crippen MR) is 122 cm³/mol. The number of benzene rings is 3. The lowest BCUT2D eigenvalue weighted by atomic mass is 9.97. The molecule has 1 heterocycles. The van der Waals surface area contributed by atoms with Gasteiger partial charge in [0.2, 0.25) is 5.91 Å². The number of hydrogen-bond acceptors (Lipinski definition) is 4. The Hall–Kier alpha value is -3.93. The molecule has 1 saturated heterocycles. The lowest BCUT2D eigenvalue weighted by Gasteiger charge is -2.35. The molecule has 1 aliphatic heterocycles. The van der Waals surface area contributed by atoms with Crippen LogP contribution in [-0.2, 0) is 4.79 Å². The highest BCUT2D eigenvalue weighted by molar-refractivity contribution is 5.99. The molecule has 6 nitrogen and oxygen atoms in total. The fourth-order valence-corrected chi connectivity index (χ4v) is 3.75. The molecule has 0 bridgehead atoms. The highest BCUT2D eigenvalue weighted by atomic mass is 16.6. The minimum Gasteiger partial charge on any atom is -0.368 e. The van der Waals surface area contributed by atoms with Crippen molar-refractivity contribution in [3.05, 3.63) is 112 Å². The zero-order valence-electron chi connectivity index (χ0n) is 17.1. The molecule has 156 valence electrons. The molecule has 1 aliphatic rings. The van der Waals surface area contributed by atoms with Gasteiger partial charge in [0, 0.05) is 50.1 Å². The van der Waals surface area contributed by atoms with Gasteiger partial charge in [0.1, 0.15) is 0 Å². The number of nitro groups is 1. The molecular formula is C25H23N3O3. The number of nitrogens with zero attached hydrogens (tertiary/aromatic N) is 3. The van der Waals surface area contributed by atoms with Crippen LogP contribution in [-0.4, -0.2) is 41.9 Å². The number of rotatable bonds is 5. The van der Waals surface area contributed by atoms with Gasteiger partial charge in [-0.2, -0.15) is 0 Å². The number of non-ortho nitro benzene ring substituents is 1. The molecule has 1 amide bonds. The Morgan fingerprint density at radius 1 is 0.774 bits per heavy atom. The topological polar surface area (TPSA) is 66.7 Å². The number of carbonyl (C=O) groups is 1. The van der Waals surface area contributed by atoms with Crippen LogP contribution in [0.25, 0.3) is 5.57 Å². The second kappa shape index (κ2) is 9.26. The summed E-state index contributed by atoms with van der Waals surface area (Å²) in [6.45, 7) is 2.57. The van der Waals surface area contributed by atoms with Crippen LogP contribution in [0.5, 0.6) is 0 Å². The van der Waals surface area contributed by atoms with Crippen LogP contribution in [0.3, 0.4) is 0 Å². The molecule has 4 rings (SSSR count). The molecule has 31 heavy (non-hydrogen) atoms. The lowest BCUT2D eigenvalue weighted by molar-refractivity contribution is -0.384. The molecule has 0 spiro atoms. The molecule has 0 aromatic heterocycles. The number of anilines is 1. The van der Waals surface area contributed by atoms with Gasteiger partial charge in [-0.25, -0.2) is 0 Å². The average Bonchev–Trinajstić information content (AvgIpc) is 2.83. The highest BCUT2D eigenvalue weighted by Crippen LogP contribution is 2.24. The molecule has 0 atom stereocenters. The van der Waals surface area contributed by atoms with E-state index in [2.05, 4.69) is 4.90 Å². The van der Waals surface area contributed by atoms with Crippen LogP contribution in [0.15, 0.2) is 91.0 Å². The lowest BCUT2D eigenvalue weighted by Crippen LogP contribution is -2.48. The zero-order chi connectivity index (χ0) is 21.6. The first-order valence-corrected chi connectivity index (χ1v) is 10.2. The number of hydrogen-bond donors (Lipinski definition) is 0. The second-order valence-electron chi connectivity index (χ2n) is 7.38. The van der Waals surface area contributed by atoms with Crippen molar-refractivity contribution < 1.29 is 9.72 Å². The Kier molecular flexibility index (Phi) is 6.08. The molecular weight excluding hydrogens is 390 g/mol. The van der Waals surface area contributed by atoms with Crippen molar-refractivity contribution in [2.24, 2.45) is 0 Å². The summed E-state index contributed by atoms with van der Waals surface area (Å²) in [5.74, 6) is -0.00828. The van der Waals surface area contributed by atoms with Crippen LogP contribution in [0, 0.1) is 10.1 Å². The van der Waals surface area contributed by atoms with Crippen molar-refractivity contribution in [2.45, 2.75) is 0 Å². The van der Waals surface area contributed by atoms with Gasteiger partial charge in [-0.15, -0.1) is 0 Å². The third kappa shape index (κ3) is 4.80. The Bertz CT molecular complexity index is 1030. The smallest absolute Gasteiger partial charge is 0.269 e. The van der Waals surface area contributed by atoms with Gasteiger partial charge in [0.05, 0.1) is 4.92 Å². The normalized spacial score (nSPS) is 13.5. The summed E-state index contributed by atoms with van der Waals surface area (Å²) in [7, 11) is 0. The van der Waals surface area contributed by atoms with E-state index in [9.17, 15) is 14.9 Å². The quantitative estimate of drug-likeness (QED) is 0.354. The summed E-state index contributed by atoms with van der Waals surface area (Å²) >= 11 is 0. The standard InChI is InChI=1S/C25H23N3O3/c29-25(19-24(20-7-3-1-4-8-20)21-9-5-2-6-10-21)27-17-15-26(16-18-27)22-11-13-23(14-12-22)28(30)31/h1-14,19H,15-18H2. The molecule has 0 radical (unpaired) electrons. The van der Waals surface area contributed by atoms with E-state index in [1.54, 1.807) is 18.2 Å². The predicted octanol–water partition coefficient (Wildman–Crippen LogP) is 4.38. The number of carbonyl (C=O) groups excluding carboxylic acids is 1. The van der Waals surface area contributed by atoms with Gasteiger partial charge in [0.25, 0.3) is 5.69 Å². The monoisotopic (exact) mass is 413 g/mol. The summed E-state index contributed by atoms with van der Waals surface area (Å²) in [5.41, 5.74) is 3.93. The van der Waals surface area contributed by atoms with Crippen molar-refractivity contribution in [3.8, 4) is 0 Å². The molecule has 0 saturated carbocycles. The Balaban J connectivity index is 1.48. The third-order valence-corrected chi connectivity index (χ3v) is 5.45. The summed E-state index contributed by atoms with van der Waals surface area (Å²) in [6, 6.07) is 26.4. The number of amides is 1. The van der Waals surface area contributed by atoms with Crippen LogP contribution >= 0.6 is 0 Å². The number of nitro benzene ring substituents is 1. The van der Waals surface area contributed by atoms with Crippen LogP contribution in [0.4, 0.5) is 11.4 Å². The summed E-state index contributed by atoms with van der Waals surface area (Å²) in [6.07, 6.45) is 1.73. The van der Waals surface area contributed by atoms with E-state index in [1.165, 1.54) is 12.1 Å². The fourth-order valence-electron chi connectivity index (χ4n) is 3.75. The van der Waals surface area contributed by atoms with E-state index < -0.39 is 4.92 Å². The van der Waals surface area contributed by atoms with Crippen LogP contribution in [0.2, 0.25) is 0 Å². The molecule has 6 heteroatoms. The Morgan fingerprint density at radius 3 is 1.77 bits per heavy atom. The molecule has 0 N–H and O–H groups in total. The van der Waals surface area contributed by atoms with Gasteiger partial charge in [-0.3, -0.25) is 14.9 Å². The van der Waals surface area contributed by atoms with Gasteiger partial charge in [0.15, 0.2) is 0 Å². The van der Waals surface area contributed by atoms with E-state index in [0.717, 1.165) is 22.4 Å². The van der Waals surface area contributed by atoms with Crippen molar-refractivity contribution in [1.29, 1.82) is 0 Å². The summed E-state index contributed by atoms with van der Waals surface area (Å²) in [5, 5.41) is 10.8. The largest absolute Gasteiger partial charge is 0.368 e. The SMILES string of the molecule is O=C(C=C(c1ccccc1)c1ccccc1)N1CCN(c2ccc([N+](=O)[O-])cc2)CC1. The van der Waals surface area contributed by atoms with Gasteiger partial charge in [-0.1, -0.05) is 60.7 Å². The first kappa shape index (κ1) is 20.3. The maximum atomic E-state index is 13.1. The minimum absolute atomic E-state index is 0.00828. The molecule has 1 fully saturated rings. The van der Waals surface area contributed by atoms with E-state index in [0.29, 0.717) is 26.2 Å². The fraction of sp³-hybridized carbons (Fsp3) is 0.160. The van der Waals surface area contributed by atoms with Crippen molar-refractivity contribution >= 4 is 22.9 Å². The average molecular weight is 413 g/mol. The molecule has 0 aliphatic carbocycles. The van der Waals surface area contributed by atoms with E-state index in [4.69, 9.17) is 0 Å². The summed E-state index contributed by atoms with van der Waals surface area (Å²) in [4.78, 5) is 27.5. The number of piperazine rings is 1. The van der Waals surface area contributed by atoms with Crippen molar-refractivity contribution in [1.82, 2.24) is 4.90 Å². The van der Waals surface area contributed by atoms with E-state index in [-0.39, 0.29) is 11.6 Å². The maximum absolute atomic E-state index is 13.1. The van der Waals surface area contributed by atoms with Crippen LogP contribution < -0.4 is 4.90 Å². The molecule has 3 aromatic carbocycles. The first-order chi connectivity index (χ1) is 15.1. The first-order valence-electron chi connectivity index (χ1n) is 10.2. The summed E-state index contributed by atoms with van der Waals surface area (Å²) < 4.78 is 0. The van der Waals surface area contributed by atoms with Crippen molar-refractivity contribution in [3.63, 3.8) is 0 Å². The van der Waals surface area contributed by atoms with E-state index >= 15 is 0 Å². The Labute approximate surface area is 181 Å². The van der Waals surface area contributed by atoms with Gasteiger partial charge >= 0.3 is 0 Å². The molecule has 0 unspecified atom stereocenters. The Morgan fingerprint density at radius 2 is 1.29 bits per heavy atom.